The van der Waals surface area contributed by atoms with Gasteiger partial charge in [-0.05, 0) is 25.0 Å². The number of fused-ring (bicyclic) bond motifs is 1. The summed E-state index contributed by atoms with van der Waals surface area (Å²) in [6.07, 6.45) is 6.26. The number of nitrogens with two attached hydrogens (primary N) is 1. The first-order valence-corrected chi connectivity index (χ1v) is 8.42. The number of anilines is 1. The average molecular weight is 333 g/mol. The molecule has 3 aromatic rings. The van der Waals surface area contributed by atoms with Crippen molar-refractivity contribution >= 4 is 22.5 Å². The third-order valence-corrected chi connectivity index (χ3v) is 4.76. The number of hydrogen-bond acceptors (Lipinski definition) is 5. The molecule has 1 fully saturated rings. The minimum Gasteiger partial charge on any atom is -0.397 e. The lowest BCUT2D eigenvalue weighted by molar-refractivity contribution is 0.0711. The van der Waals surface area contributed by atoms with Crippen molar-refractivity contribution in [1.29, 1.82) is 0 Å². The summed E-state index contributed by atoms with van der Waals surface area (Å²) < 4.78 is 0. The van der Waals surface area contributed by atoms with Gasteiger partial charge in [-0.2, -0.15) is 0 Å². The van der Waals surface area contributed by atoms with Crippen LogP contribution in [0.1, 0.15) is 34.8 Å². The van der Waals surface area contributed by atoms with Crippen molar-refractivity contribution in [2.45, 2.75) is 18.8 Å². The maximum Gasteiger partial charge on any atom is 0.256 e. The molecule has 6 heteroatoms. The minimum atomic E-state index is -0.0153. The van der Waals surface area contributed by atoms with E-state index >= 15 is 0 Å². The van der Waals surface area contributed by atoms with Crippen molar-refractivity contribution in [2.24, 2.45) is 0 Å². The molecule has 1 aliphatic rings. The number of carbonyl (C=O) groups is 1. The Morgan fingerprint density at radius 2 is 1.84 bits per heavy atom. The molecule has 0 saturated carbocycles. The van der Waals surface area contributed by atoms with Gasteiger partial charge in [0.15, 0.2) is 0 Å². The highest BCUT2D eigenvalue weighted by Crippen LogP contribution is 2.32. The molecule has 0 atom stereocenters. The van der Waals surface area contributed by atoms with E-state index < -0.39 is 0 Å². The molecule has 4 rings (SSSR count). The third-order valence-electron chi connectivity index (χ3n) is 4.76. The van der Waals surface area contributed by atoms with Crippen molar-refractivity contribution in [1.82, 2.24) is 19.9 Å². The fourth-order valence-corrected chi connectivity index (χ4v) is 3.42. The van der Waals surface area contributed by atoms with Crippen LogP contribution in [0.3, 0.4) is 0 Å². The van der Waals surface area contributed by atoms with Crippen LogP contribution >= 0.6 is 0 Å². The molecule has 3 heterocycles. The summed E-state index contributed by atoms with van der Waals surface area (Å²) in [4.78, 5) is 27.0. The molecular formula is C19H19N5O. The first-order chi connectivity index (χ1) is 12.2. The van der Waals surface area contributed by atoms with Crippen LogP contribution in [0.15, 0.2) is 49.1 Å². The molecule has 1 aliphatic heterocycles. The quantitative estimate of drug-likeness (QED) is 0.779. The SMILES string of the molecule is Nc1cc2ccccc2nc1C1CCN(C(=O)c2cncnc2)CC1. The second-order valence-electron chi connectivity index (χ2n) is 6.35. The lowest BCUT2D eigenvalue weighted by Gasteiger charge is -2.32. The summed E-state index contributed by atoms with van der Waals surface area (Å²) in [6.45, 7) is 1.37. The maximum atomic E-state index is 12.5. The molecule has 0 bridgehead atoms. The normalized spacial score (nSPS) is 15.4. The van der Waals surface area contributed by atoms with Gasteiger partial charge in [-0.3, -0.25) is 9.78 Å². The highest BCUT2D eigenvalue weighted by atomic mass is 16.2. The molecule has 0 aliphatic carbocycles. The Labute approximate surface area is 145 Å². The number of amides is 1. The van der Waals surface area contributed by atoms with Gasteiger partial charge in [0.1, 0.15) is 6.33 Å². The summed E-state index contributed by atoms with van der Waals surface area (Å²) in [5.74, 6) is 0.263. The van der Waals surface area contributed by atoms with E-state index in [-0.39, 0.29) is 11.8 Å². The lowest BCUT2D eigenvalue weighted by Crippen LogP contribution is -2.38. The average Bonchev–Trinajstić information content (AvgIpc) is 2.68. The zero-order valence-electron chi connectivity index (χ0n) is 13.8. The van der Waals surface area contributed by atoms with Crippen LogP contribution in [-0.2, 0) is 0 Å². The molecule has 1 saturated heterocycles. The van der Waals surface area contributed by atoms with E-state index in [1.165, 1.54) is 6.33 Å². The molecule has 2 aromatic heterocycles. The molecule has 25 heavy (non-hydrogen) atoms. The van der Waals surface area contributed by atoms with Crippen molar-refractivity contribution in [3.8, 4) is 0 Å². The second kappa shape index (κ2) is 6.47. The van der Waals surface area contributed by atoms with E-state index in [1.807, 2.05) is 35.2 Å². The number of carbonyl (C=O) groups excluding carboxylic acids is 1. The Morgan fingerprint density at radius 1 is 1.12 bits per heavy atom. The molecular weight excluding hydrogens is 314 g/mol. The van der Waals surface area contributed by atoms with Crippen LogP contribution in [0.4, 0.5) is 5.69 Å². The van der Waals surface area contributed by atoms with Crippen LogP contribution in [0.5, 0.6) is 0 Å². The van der Waals surface area contributed by atoms with Crippen LogP contribution in [0.2, 0.25) is 0 Å². The number of piperidine rings is 1. The fourth-order valence-electron chi connectivity index (χ4n) is 3.42. The van der Waals surface area contributed by atoms with Gasteiger partial charge in [0.25, 0.3) is 5.91 Å². The first kappa shape index (κ1) is 15.5. The number of rotatable bonds is 2. The van der Waals surface area contributed by atoms with Gasteiger partial charge < -0.3 is 10.6 Å². The van der Waals surface area contributed by atoms with Gasteiger partial charge in [-0.1, -0.05) is 18.2 Å². The Hall–Kier alpha value is -3.02. The molecule has 0 radical (unpaired) electrons. The van der Waals surface area contributed by atoms with Crippen molar-refractivity contribution < 1.29 is 4.79 Å². The molecule has 2 N–H and O–H groups in total. The third kappa shape index (κ3) is 3.03. The van der Waals surface area contributed by atoms with Crippen molar-refractivity contribution in [3.63, 3.8) is 0 Å². The Morgan fingerprint density at radius 3 is 2.60 bits per heavy atom. The number of aromatic nitrogens is 3. The van der Waals surface area contributed by atoms with Crippen LogP contribution < -0.4 is 5.73 Å². The monoisotopic (exact) mass is 333 g/mol. The molecule has 1 aromatic carbocycles. The molecule has 0 spiro atoms. The van der Waals surface area contributed by atoms with E-state index in [1.54, 1.807) is 12.4 Å². The highest BCUT2D eigenvalue weighted by molar-refractivity contribution is 5.93. The standard InChI is InChI=1S/C19H19N5O/c20-16-9-14-3-1-2-4-17(14)23-18(16)13-5-7-24(8-6-13)19(25)15-10-21-12-22-11-15/h1-4,9-13H,5-8,20H2. The Balaban J connectivity index is 1.50. The largest absolute Gasteiger partial charge is 0.397 e. The number of likely N-dealkylation sites (tertiary alicyclic amines) is 1. The number of hydrogen-bond donors (Lipinski definition) is 1. The van der Waals surface area contributed by atoms with Crippen molar-refractivity contribution in [3.05, 3.63) is 60.3 Å². The highest BCUT2D eigenvalue weighted by Gasteiger charge is 2.26. The van der Waals surface area contributed by atoms with E-state index in [9.17, 15) is 4.79 Å². The number of nitrogens with zero attached hydrogens (tertiary/aromatic N) is 4. The van der Waals surface area contributed by atoms with Gasteiger partial charge in [-0.15, -0.1) is 0 Å². The second-order valence-corrected chi connectivity index (χ2v) is 6.35. The van der Waals surface area contributed by atoms with Gasteiger partial charge in [0, 0.05) is 36.8 Å². The van der Waals surface area contributed by atoms with Crippen molar-refractivity contribution in [2.75, 3.05) is 18.8 Å². The first-order valence-electron chi connectivity index (χ1n) is 8.42. The van der Waals surface area contributed by atoms with Gasteiger partial charge >= 0.3 is 0 Å². The summed E-state index contributed by atoms with van der Waals surface area (Å²) in [5.41, 5.74) is 9.43. The zero-order chi connectivity index (χ0) is 17.2. The molecule has 126 valence electrons. The van der Waals surface area contributed by atoms with E-state index in [4.69, 9.17) is 10.7 Å². The maximum absolute atomic E-state index is 12.5. The predicted octanol–water partition coefficient (Wildman–Crippen LogP) is 2.63. The van der Waals surface area contributed by atoms with E-state index in [2.05, 4.69) is 9.97 Å². The lowest BCUT2D eigenvalue weighted by atomic mass is 9.91. The number of para-hydroxylation sites is 1. The van der Waals surface area contributed by atoms with E-state index in [0.29, 0.717) is 18.7 Å². The zero-order valence-corrected chi connectivity index (χ0v) is 13.8. The Kier molecular flexibility index (Phi) is 4.01. The van der Waals surface area contributed by atoms with Crippen LogP contribution in [0.25, 0.3) is 10.9 Å². The summed E-state index contributed by atoms with van der Waals surface area (Å²) in [5, 5.41) is 1.06. The fraction of sp³-hybridized carbons (Fsp3) is 0.263. The minimum absolute atomic E-state index is 0.0153. The summed E-state index contributed by atoms with van der Waals surface area (Å²) >= 11 is 0. The number of nitrogen functional groups attached to an aromatic ring is 1. The van der Waals surface area contributed by atoms with Gasteiger partial charge in [-0.25, -0.2) is 9.97 Å². The summed E-state index contributed by atoms with van der Waals surface area (Å²) in [6, 6.07) is 9.99. The molecule has 6 nitrogen and oxygen atoms in total. The topological polar surface area (TPSA) is 85.0 Å². The predicted molar refractivity (Wildman–Crippen MR) is 96.1 cm³/mol. The smallest absolute Gasteiger partial charge is 0.256 e. The number of benzene rings is 1. The Bertz CT molecular complexity index is 904. The van der Waals surface area contributed by atoms with Crippen LogP contribution in [0, 0.1) is 0 Å². The van der Waals surface area contributed by atoms with E-state index in [0.717, 1.165) is 35.1 Å². The van der Waals surface area contributed by atoms with Gasteiger partial charge in [0.05, 0.1) is 22.5 Å². The number of pyridine rings is 1. The van der Waals surface area contributed by atoms with Gasteiger partial charge in [0.2, 0.25) is 0 Å². The summed E-state index contributed by atoms with van der Waals surface area (Å²) in [7, 11) is 0. The molecule has 1 amide bonds. The van der Waals surface area contributed by atoms with Crippen LogP contribution in [-0.4, -0.2) is 38.8 Å². The molecule has 0 unspecified atom stereocenters.